The van der Waals surface area contributed by atoms with Gasteiger partial charge in [-0.05, 0) is 33.6 Å². The second-order valence-electron chi connectivity index (χ2n) is 4.39. The zero-order valence-electron chi connectivity index (χ0n) is 10.0. The van der Waals surface area contributed by atoms with Gasteiger partial charge in [0, 0.05) is 28.5 Å². The van der Waals surface area contributed by atoms with Crippen molar-refractivity contribution in [3.63, 3.8) is 0 Å². The summed E-state index contributed by atoms with van der Waals surface area (Å²) >= 11 is 3.51. The first-order chi connectivity index (χ1) is 8.75. The number of halogens is 1. The van der Waals surface area contributed by atoms with Crippen molar-refractivity contribution in [2.75, 3.05) is 0 Å². The van der Waals surface area contributed by atoms with Crippen LogP contribution in [0.4, 0.5) is 0 Å². The van der Waals surface area contributed by atoms with E-state index in [4.69, 9.17) is 0 Å². The van der Waals surface area contributed by atoms with Crippen molar-refractivity contribution in [3.05, 3.63) is 70.6 Å². The average Bonchev–Trinajstić information content (AvgIpc) is 2.82. The molecule has 0 saturated heterocycles. The molecular formula is C15H13BrN2. The lowest BCUT2D eigenvalue weighted by Crippen LogP contribution is -2.00. The Hall–Kier alpha value is -1.61. The fourth-order valence-electron chi connectivity index (χ4n) is 2.21. The van der Waals surface area contributed by atoms with E-state index in [1.54, 1.807) is 0 Å². The Morgan fingerprint density at radius 1 is 1.11 bits per heavy atom. The number of fused-ring (bicyclic) bond motifs is 1. The van der Waals surface area contributed by atoms with Gasteiger partial charge in [-0.2, -0.15) is 0 Å². The maximum atomic E-state index is 4.45. The molecule has 1 atom stereocenters. The molecule has 3 heteroatoms. The summed E-state index contributed by atoms with van der Waals surface area (Å²) in [6, 6.07) is 14.5. The number of pyridine rings is 1. The van der Waals surface area contributed by atoms with E-state index in [1.807, 2.05) is 24.4 Å². The first-order valence-electron chi connectivity index (χ1n) is 5.93. The quantitative estimate of drug-likeness (QED) is 0.691. The molecule has 3 rings (SSSR count). The summed E-state index contributed by atoms with van der Waals surface area (Å²) < 4.78 is 3.20. The molecule has 0 bridgehead atoms. The van der Waals surface area contributed by atoms with Crippen LogP contribution in [0.3, 0.4) is 0 Å². The Morgan fingerprint density at radius 2 is 1.89 bits per heavy atom. The lowest BCUT2D eigenvalue weighted by atomic mass is 9.98. The average molecular weight is 301 g/mol. The molecule has 1 aromatic carbocycles. The summed E-state index contributed by atoms with van der Waals surface area (Å²) in [5, 5.41) is 0. The third-order valence-electron chi connectivity index (χ3n) is 3.24. The van der Waals surface area contributed by atoms with Gasteiger partial charge in [0.15, 0.2) is 0 Å². The fourth-order valence-corrected chi connectivity index (χ4v) is 2.54. The lowest BCUT2D eigenvalue weighted by molar-refractivity contribution is 0.853. The van der Waals surface area contributed by atoms with E-state index in [0.717, 1.165) is 10.1 Å². The van der Waals surface area contributed by atoms with Gasteiger partial charge >= 0.3 is 0 Å². The molecule has 0 N–H and O–H groups in total. The molecular weight excluding hydrogens is 288 g/mol. The van der Waals surface area contributed by atoms with Gasteiger partial charge in [-0.1, -0.05) is 37.3 Å². The predicted octanol–water partition coefficient (Wildman–Crippen LogP) is 4.25. The Bertz CT molecular complexity index is 673. The number of nitrogens with zero attached hydrogens (tertiary/aromatic N) is 2. The first-order valence-corrected chi connectivity index (χ1v) is 6.72. The van der Waals surface area contributed by atoms with Crippen LogP contribution in [0.5, 0.6) is 0 Å². The molecule has 2 nitrogen and oxygen atoms in total. The Morgan fingerprint density at radius 3 is 2.67 bits per heavy atom. The van der Waals surface area contributed by atoms with Crippen LogP contribution < -0.4 is 0 Å². The van der Waals surface area contributed by atoms with Gasteiger partial charge in [-0.25, -0.2) is 4.98 Å². The molecule has 90 valence electrons. The fraction of sp³-hybridized carbons (Fsp3) is 0.133. The molecule has 0 amide bonds. The van der Waals surface area contributed by atoms with Crippen LogP contribution in [-0.2, 0) is 0 Å². The van der Waals surface area contributed by atoms with Crippen LogP contribution in [-0.4, -0.2) is 9.38 Å². The number of benzene rings is 1. The van der Waals surface area contributed by atoms with Gasteiger partial charge in [0.1, 0.15) is 5.65 Å². The number of imidazole rings is 1. The minimum atomic E-state index is 0.329. The second kappa shape index (κ2) is 4.58. The summed E-state index contributed by atoms with van der Waals surface area (Å²) in [4.78, 5) is 4.45. The number of hydrogen-bond acceptors (Lipinski definition) is 1. The summed E-state index contributed by atoms with van der Waals surface area (Å²) in [7, 11) is 0. The van der Waals surface area contributed by atoms with Crippen molar-refractivity contribution in [1.82, 2.24) is 9.38 Å². The molecule has 0 aliphatic rings. The van der Waals surface area contributed by atoms with Gasteiger partial charge in [0.05, 0.1) is 0 Å². The minimum Gasteiger partial charge on any atom is -0.302 e. The monoisotopic (exact) mass is 300 g/mol. The molecule has 0 aliphatic heterocycles. The van der Waals surface area contributed by atoms with Crippen molar-refractivity contribution < 1.29 is 0 Å². The molecule has 0 aliphatic carbocycles. The van der Waals surface area contributed by atoms with Crippen molar-refractivity contribution >= 4 is 21.6 Å². The van der Waals surface area contributed by atoms with Crippen LogP contribution in [0.2, 0.25) is 0 Å². The van der Waals surface area contributed by atoms with Crippen molar-refractivity contribution in [1.29, 1.82) is 0 Å². The smallest absolute Gasteiger partial charge is 0.136 e. The van der Waals surface area contributed by atoms with Crippen molar-refractivity contribution in [2.24, 2.45) is 0 Å². The van der Waals surface area contributed by atoms with E-state index >= 15 is 0 Å². The van der Waals surface area contributed by atoms with Gasteiger partial charge in [0.25, 0.3) is 0 Å². The highest BCUT2D eigenvalue weighted by molar-refractivity contribution is 9.10. The van der Waals surface area contributed by atoms with Gasteiger partial charge in [-0.15, -0.1) is 0 Å². The van der Waals surface area contributed by atoms with Gasteiger partial charge in [-0.3, -0.25) is 0 Å². The van der Waals surface area contributed by atoms with Crippen LogP contribution in [0, 0.1) is 0 Å². The SMILES string of the molecule is CC(c1ccccc1)c1cnc2ccc(Br)cn12. The van der Waals surface area contributed by atoms with Crippen molar-refractivity contribution in [2.45, 2.75) is 12.8 Å². The van der Waals surface area contributed by atoms with E-state index in [-0.39, 0.29) is 0 Å². The van der Waals surface area contributed by atoms with Crippen LogP contribution in [0.25, 0.3) is 5.65 Å². The van der Waals surface area contributed by atoms with E-state index in [2.05, 4.69) is 62.7 Å². The second-order valence-corrected chi connectivity index (χ2v) is 5.31. The lowest BCUT2D eigenvalue weighted by Gasteiger charge is -2.11. The molecule has 2 aromatic heterocycles. The molecule has 0 saturated carbocycles. The zero-order chi connectivity index (χ0) is 12.5. The van der Waals surface area contributed by atoms with Gasteiger partial charge < -0.3 is 4.40 Å². The van der Waals surface area contributed by atoms with Crippen LogP contribution in [0.1, 0.15) is 24.1 Å². The first kappa shape index (κ1) is 11.5. The maximum absolute atomic E-state index is 4.45. The Kier molecular flexibility index (Phi) is 2.92. The number of hydrogen-bond donors (Lipinski definition) is 0. The van der Waals surface area contributed by atoms with E-state index < -0.39 is 0 Å². The van der Waals surface area contributed by atoms with E-state index in [0.29, 0.717) is 5.92 Å². The summed E-state index contributed by atoms with van der Waals surface area (Å²) in [6.45, 7) is 2.21. The normalized spacial score (nSPS) is 12.8. The van der Waals surface area contributed by atoms with Crippen molar-refractivity contribution in [3.8, 4) is 0 Å². The third-order valence-corrected chi connectivity index (χ3v) is 3.71. The van der Waals surface area contributed by atoms with E-state index in [9.17, 15) is 0 Å². The molecule has 3 aromatic rings. The third kappa shape index (κ3) is 1.95. The largest absolute Gasteiger partial charge is 0.302 e. The molecule has 0 spiro atoms. The summed E-state index contributed by atoms with van der Waals surface area (Å²) in [6.07, 6.45) is 4.02. The number of aromatic nitrogens is 2. The molecule has 18 heavy (non-hydrogen) atoms. The van der Waals surface area contributed by atoms with Crippen LogP contribution in [0.15, 0.2) is 59.3 Å². The molecule has 0 radical (unpaired) electrons. The summed E-state index contributed by atoms with van der Waals surface area (Å²) in [5.74, 6) is 0.329. The topological polar surface area (TPSA) is 17.3 Å². The van der Waals surface area contributed by atoms with Crippen LogP contribution >= 0.6 is 15.9 Å². The molecule has 1 unspecified atom stereocenters. The standard InChI is InChI=1S/C15H13BrN2/c1-11(12-5-3-2-4-6-12)14-9-17-15-8-7-13(16)10-18(14)15/h2-11H,1H3. The van der Waals surface area contributed by atoms with E-state index in [1.165, 1.54) is 11.3 Å². The molecule has 2 heterocycles. The Balaban J connectivity index is 2.12. The zero-order valence-corrected chi connectivity index (χ0v) is 11.6. The van der Waals surface area contributed by atoms with Gasteiger partial charge in [0.2, 0.25) is 0 Å². The highest BCUT2D eigenvalue weighted by Gasteiger charge is 2.13. The number of rotatable bonds is 2. The minimum absolute atomic E-state index is 0.329. The Labute approximate surface area is 114 Å². The highest BCUT2D eigenvalue weighted by atomic mass is 79.9. The predicted molar refractivity (Wildman–Crippen MR) is 76.9 cm³/mol. The molecule has 0 fully saturated rings. The highest BCUT2D eigenvalue weighted by Crippen LogP contribution is 2.25. The maximum Gasteiger partial charge on any atom is 0.136 e. The summed E-state index contributed by atoms with van der Waals surface area (Å²) in [5.41, 5.74) is 3.49.